The van der Waals surface area contributed by atoms with Gasteiger partial charge in [-0.1, -0.05) is 0 Å². The number of nitrogens with zero attached hydrogens (tertiary/aromatic N) is 3. The summed E-state index contributed by atoms with van der Waals surface area (Å²) >= 11 is 0.238. The molecule has 2 aromatic carbocycles. The molecule has 31 heteroatoms. The SMILES string of the molecule is CN(C)c1ccc2c(-c3cc(C(=O)NCC[Se][Se]CCOC(=O)NCC#Cc4cn([C@H]5C[C@H](O)[C@@H](COP(=O)(O)OP(=O)(O)OP(=O)(O)O)O5)c(=O)[nH]c4=O)ccc3C(=O)O)c3ccc(=[N+](C)C)cc-3oc2c1. The topological polar surface area (TPSA) is 368 Å². The van der Waals surface area contributed by atoms with Crippen molar-refractivity contribution in [2.45, 2.75) is 35.5 Å². The number of phosphoric ester groups is 1. The van der Waals surface area contributed by atoms with Crippen LogP contribution in [0.4, 0.5) is 10.5 Å². The van der Waals surface area contributed by atoms with Gasteiger partial charge in [0.05, 0.1) is 12.7 Å². The van der Waals surface area contributed by atoms with Gasteiger partial charge in [-0.2, -0.15) is 8.62 Å². The van der Waals surface area contributed by atoms with E-state index in [9.17, 15) is 57.7 Å². The summed E-state index contributed by atoms with van der Waals surface area (Å²) in [6, 6.07) is 15.9. The number of carboxylic acid groups (broad SMARTS) is 1. The Morgan fingerprint density at radius 1 is 0.945 bits per heavy atom. The summed E-state index contributed by atoms with van der Waals surface area (Å²) in [7, 11) is -9.34. The van der Waals surface area contributed by atoms with Crippen LogP contribution in [0.15, 0.2) is 74.8 Å². The Balaban J connectivity index is 0.954. The molecule has 0 bridgehead atoms. The van der Waals surface area contributed by atoms with Crippen LogP contribution < -0.4 is 36.7 Å². The average molecular weight is 1210 g/mol. The third-order valence-corrected chi connectivity index (χ3v) is 21.4. The predicted octanol–water partition coefficient (Wildman–Crippen LogP) is 1.51. The van der Waals surface area contributed by atoms with Gasteiger partial charge in [-0.25, -0.2) is 23.1 Å². The van der Waals surface area contributed by atoms with E-state index in [-0.39, 0.29) is 68.4 Å². The Hall–Kier alpha value is -5.25. The zero-order chi connectivity index (χ0) is 53.4. The fourth-order valence-electron chi connectivity index (χ4n) is 6.99. The molecule has 1 aliphatic carbocycles. The number of nitrogens with one attached hydrogen (secondary N) is 3. The van der Waals surface area contributed by atoms with Gasteiger partial charge in [0.25, 0.3) is 0 Å². The number of phosphoric acid groups is 3. The third-order valence-electron chi connectivity index (χ3n) is 10.3. The number of aromatic amines is 1. The second-order valence-corrected chi connectivity index (χ2v) is 28.2. The van der Waals surface area contributed by atoms with Crippen molar-refractivity contribution in [1.29, 1.82) is 0 Å². The van der Waals surface area contributed by atoms with Crippen molar-refractivity contribution in [3.8, 4) is 34.3 Å². The summed E-state index contributed by atoms with van der Waals surface area (Å²) < 4.78 is 66.1. The van der Waals surface area contributed by atoms with Crippen LogP contribution in [-0.2, 0) is 36.3 Å². The predicted molar refractivity (Wildman–Crippen MR) is 262 cm³/mol. The molecule has 0 spiro atoms. The maximum atomic E-state index is 13.5. The van der Waals surface area contributed by atoms with E-state index in [1.807, 2.05) is 79.0 Å². The van der Waals surface area contributed by atoms with E-state index in [0.29, 0.717) is 50.6 Å². The van der Waals surface area contributed by atoms with Crippen LogP contribution in [0.5, 0.6) is 0 Å². The molecule has 1 aromatic heterocycles. The molecule has 3 aliphatic rings. The van der Waals surface area contributed by atoms with Gasteiger partial charge in [-0.3, -0.25) is 4.52 Å². The first-order chi connectivity index (χ1) is 34.3. The number of anilines is 1. The summed E-state index contributed by atoms with van der Waals surface area (Å²) in [5.74, 6) is 4.06. The number of aliphatic hydroxyl groups excluding tert-OH is 1. The van der Waals surface area contributed by atoms with Crippen LogP contribution in [0.1, 0.15) is 38.9 Å². The van der Waals surface area contributed by atoms with Gasteiger partial charge >= 0.3 is 303 Å². The summed E-state index contributed by atoms with van der Waals surface area (Å²) in [5.41, 5.74) is 1.26. The Bertz CT molecular complexity index is 3290. The quantitative estimate of drug-likeness (QED) is 0.0133. The number of rotatable bonds is 20. The fraction of sp³-hybridized carbons (Fsp3) is 0.333. The number of carbonyl (C=O) groups is 3. The first-order valence-electron chi connectivity index (χ1n) is 21.3. The summed E-state index contributed by atoms with van der Waals surface area (Å²) in [6.45, 7) is -0.785. The number of ether oxygens (including phenoxy) is 2. The van der Waals surface area contributed by atoms with E-state index in [1.54, 1.807) is 6.07 Å². The molecule has 0 radical (unpaired) electrons. The second kappa shape index (κ2) is 24.4. The Labute approximate surface area is 425 Å². The van der Waals surface area contributed by atoms with Crippen LogP contribution >= 0.6 is 23.5 Å². The first kappa shape index (κ1) is 57.0. The monoisotopic (exact) mass is 1210 g/mol. The van der Waals surface area contributed by atoms with Crippen molar-refractivity contribution >= 4 is 84.4 Å². The van der Waals surface area contributed by atoms with E-state index in [2.05, 4.69) is 35.6 Å². The number of carboxylic acids is 1. The molecule has 1 saturated heterocycles. The molecule has 2 unspecified atom stereocenters. The van der Waals surface area contributed by atoms with Gasteiger partial charge in [0.15, 0.2) is 0 Å². The molecular weight excluding hydrogens is 1160 g/mol. The first-order valence-corrected chi connectivity index (χ1v) is 32.5. The molecule has 9 N–H and O–H groups in total. The number of carbonyl (C=O) groups excluding carboxylic acids is 2. The van der Waals surface area contributed by atoms with E-state index in [1.165, 1.54) is 12.1 Å². The maximum absolute atomic E-state index is 13.5. The molecule has 5 atom stereocenters. The molecular formula is C42H48N6O20P3Se2+. The number of aromatic carboxylic acids is 1. The molecule has 0 saturated carbocycles. The standard InChI is InChI=1S/C42H47N6O20P3Se2/c1-46(2)26-8-11-29-33(19-26)65-34-20-27(47(3)4)9-12-30(34)37(29)31-18-24(7-10-28(31)40(52)53)38(50)43-14-16-72-73-17-15-63-42(55)44-13-5-6-25-22-48(41(54)45-39(25)51)36-21-32(49)35(66-36)23-64-70(59,60)68-71(61,62)67-69(56,57)58/h7-12,18-20,22,32,35-36,49H,13-17,21,23H2,1-4H3,(H7-,43,44,45,50,51,52,53,54,55,56,57,58,59,60,61,62)/p+1/t32-,35+,36+/m0/s1. The normalized spacial score (nSPS) is 17.2. The second-order valence-electron chi connectivity index (χ2n) is 15.9. The van der Waals surface area contributed by atoms with Crippen LogP contribution in [0, 0.1) is 11.8 Å². The van der Waals surface area contributed by atoms with E-state index < -0.39 is 71.8 Å². The number of hydrogen-bond donors (Lipinski definition) is 9. The molecule has 2 amide bonds. The molecule has 2 aliphatic heterocycles. The van der Waals surface area contributed by atoms with Crippen LogP contribution in [0.25, 0.3) is 33.4 Å². The van der Waals surface area contributed by atoms with E-state index >= 15 is 0 Å². The van der Waals surface area contributed by atoms with Crippen molar-refractivity contribution in [3.05, 3.63) is 104 Å². The van der Waals surface area contributed by atoms with Crippen molar-refractivity contribution in [2.75, 3.05) is 59.4 Å². The number of fused-ring (bicyclic) bond motifs is 2. The van der Waals surface area contributed by atoms with E-state index in [4.69, 9.17) is 23.7 Å². The number of H-pyrrole nitrogens is 1. The van der Waals surface area contributed by atoms with Crippen molar-refractivity contribution in [2.24, 2.45) is 0 Å². The molecule has 6 rings (SSSR count). The molecule has 3 heterocycles. The van der Waals surface area contributed by atoms with Crippen molar-refractivity contribution in [1.82, 2.24) is 24.8 Å². The summed E-state index contributed by atoms with van der Waals surface area (Å²) in [6.07, 6.45) is -4.33. The number of benzene rings is 3. The molecule has 392 valence electrons. The molecule has 3 aromatic rings. The number of alkyl carbamates (subject to hydrolysis) is 1. The number of aliphatic hydroxyl groups is 1. The number of aromatic nitrogens is 2. The number of amides is 2. The summed E-state index contributed by atoms with van der Waals surface area (Å²) in [4.78, 5) is 104. The van der Waals surface area contributed by atoms with Gasteiger partial charge in [-0.15, -0.1) is 0 Å². The van der Waals surface area contributed by atoms with Gasteiger partial charge < -0.3 is 34.3 Å². The average Bonchev–Trinajstić information content (AvgIpc) is 3.67. The Kier molecular flexibility index (Phi) is 19.1. The summed E-state index contributed by atoms with van der Waals surface area (Å²) in [5, 5.41) is 28.9. The minimum absolute atomic E-state index is 0.0228. The number of hydrogen-bond acceptors (Lipinski definition) is 16. The van der Waals surface area contributed by atoms with Gasteiger partial charge in [0.1, 0.15) is 20.2 Å². The third kappa shape index (κ3) is 15.6. The van der Waals surface area contributed by atoms with Gasteiger partial charge in [0, 0.05) is 20.5 Å². The van der Waals surface area contributed by atoms with Gasteiger partial charge in [-0.05, 0) is 0 Å². The fourth-order valence-corrected chi connectivity index (χ4v) is 15.4. The van der Waals surface area contributed by atoms with Crippen molar-refractivity contribution in [3.63, 3.8) is 0 Å². The van der Waals surface area contributed by atoms with Gasteiger partial charge in [0.2, 0.25) is 0 Å². The van der Waals surface area contributed by atoms with Crippen LogP contribution in [0.3, 0.4) is 0 Å². The van der Waals surface area contributed by atoms with Crippen molar-refractivity contribution < 1.29 is 84.9 Å². The van der Waals surface area contributed by atoms with Crippen LogP contribution in [-0.4, -0.2) is 150 Å². The molecule has 1 fully saturated rings. The molecule has 26 nitrogen and oxygen atoms in total. The minimum atomic E-state index is -5.80. The zero-order valence-electron chi connectivity index (χ0n) is 38.9. The van der Waals surface area contributed by atoms with E-state index in [0.717, 1.165) is 21.8 Å². The Morgan fingerprint density at radius 3 is 2.38 bits per heavy atom. The Morgan fingerprint density at radius 2 is 1.68 bits per heavy atom. The molecule has 73 heavy (non-hydrogen) atoms. The zero-order valence-corrected chi connectivity index (χ0v) is 45.0. The van der Waals surface area contributed by atoms with Crippen LogP contribution in [0.2, 0.25) is 10.6 Å².